The Labute approximate surface area is 113 Å². The van der Waals surface area contributed by atoms with Crippen LogP contribution in [-0.2, 0) is 20.0 Å². The smallest absolute Gasteiger partial charge is 0.0537 e. The second kappa shape index (κ2) is 5.15. The number of fused-ring (bicyclic) bond motifs is 1. The van der Waals surface area contributed by atoms with E-state index >= 15 is 0 Å². The summed E-state index contributed by atoms with van der Waals surface area (Å²) < 4.78 is 1.81. The van der Waals surface area contributed by atoms with Crippen molar-refractivity contribution in [1.29, 1.82) is 0 Å². The fourth-order valence-corrected chi connectivity index (χ4v) is 2.73. The van der Waals surface area contributed by atoms with Crippen molar-refractivity contribution in [2.24, 2.45) is 12.8 Å². The quantitative estimate of drug-likeness (QED) is 0.905. The molecule has 0 saturated heterocycles. The standard InChI is InChI=1S/C15H20N4/c1-18-9-14(8-17-18)15(16)11-19-7-6-12-4-2-3-5-13(12)10-19/h2-5,8-9,15H,6-7,10-11,16H2,1H3. The van der Waals surface area contributed by atoms with Crippen LogP contribution in [0.5, 0.6) is 0 Å². The molecule has 1 aliphatic rings. The van der Waals surface area contributed by atoms with Gasteiger partial charge in [-0.1, -0.05) is 24.3 Å². The number of rotatable bonds is 3. The lowest BCUT2D eigenvalue weighted by atomic mass is 9.99. The highest BCUT2D eigenvalue weighted by Gasteiger charge is 2.18. The van der Waals surface area contributed by atoms with E-state index in [9.17, 15) is 0 Å². The molecule has 4 nitrogen and oxygen atoms in total. The second-order valence-electron chi connectivity index (χ2n) is 5.31. The van der Waals surface area contributed by atoms with Crippen molar-refractivity contribution in [2.45, 2.75) is 19.0 Å². The van der Waals surface area contributed by atoms with E-state index < -0.39 is 0 Å². The summed E-state index contributed by atoms with van der Waals surface area (Å²) in [6.07, 6.45) is 4.99. The Hall–Kier alpha value is -1.65. The first-order chi connectivity index (χ1) is 9.22. The van der Waals surface area contributed by atoms with Gasteiger partial charge in [-0.3, -0.25) is 9.58 Å². The Bertz CT molecular complexity index is 561. The molecule has 1 unspecified atom stereocenters. The van der Waals surface area contributed by atoms with Gasteiger partial charge in [0.25, 0.3) is 0 Å². The Kier molecular flexibility index (Phi) is 3.36. The Morgan fingerprint density at radius 3 is 2.84 bits per heavy atom. The number of hydrogen-bond donors (Lipinski definition) is 1. The van der Waals surface area contributed by atoms with Crippen LogP contribution in [0, 0.1) is 0 Å². The highest BCUT2D eigenvalue weighted by molar-refractivity contribution is 5.29. The normalized spacial score (nSPS) is 17.2. The van der Waals surface area contributed by atoms with E-state index in [4.69, 9.17) is 5.73 Å². The van der Waals surface area contributed by atoms with Gasteiger partial charge in [-0.25, -0.2) is 0 Å². The van der Waals surface area contributed by atoms with Crippen LogP contribution in [0.15, 0.2) is 36.7 Å². The molecular formula is C15H20N4. The number of aromatic nitrogens is 2. The third-order valence-electron chi connectivity index (χ3n) is 3.82. The molecule has 1 aromatic heterocycles. The molecular weight excluding hydrogens is 236 g/mol. The first kappa shape index (κ1) is 12.4. The van der Waals surface area contributed by atoms with Crippen molar-refractivity contribution in [3.8, 4) is 0 Å². The van der Waals surface area contributed by atoms with Crippen LogP contribution in [0.25, 0.3) is 0 Å². The van der Waals surface area contributed by atoms with Crippen LogP contribution in [0.4, 0.5) is 0 Å². The zero-order chi connectivity index (χ0) is 13.2. The summed E-state index contributed by atoms with van der Waals surface area (Å²) in [4.78, 5) is 2.43. The first-order valence-corrected chi connectivity index (χ1v) is 6.75. The molecule has 0 radical (unpaired) electrons. The van der Waals surface area contributed by atoms with Gasteiger partial charge in [0.05, 0.1) is 6.20 Å². The summed E-state index contributed by atoms with van der Waals surface area (Å²) in [5.74, 6) is 0. The molecule has 1 aromatic carbocycles. The van der Waals surface area contributed by atoms with Gasteiger partial charge in [0.2, 0.25) is 0 Å². The third kappa shape index (κ3) is 2.69. The molecule has 4 heteroatoms. The van der Waals surface area contributed by atoms with Crippen LogP contribution >= 0.6 is 0 Å². The van der Waals surface area contributed by atoms with Crippen LogP contribution in [0.3, 0.4) is 0 Å². The minimum atomic E-state index is 0.0407. The molecule has 0 fully saturated rings. The molecule has 100 valence electrons. The highest BCUT2D eigenvalue weighted by Crippen LogP contribution is 2.20. The molecule has 0 aliphatic carbocycles. The Morgan fingerprint density at radius 1 is 1.32 bits per heavy atom. The number of aryl methyl sites for hydroxylation is 1. The first-order valence-electron chi connectivity index (χ1n) is 6.75. The molecule has 0 bridgehead atoms. The Morgan fingerprint density at radius 2 is 2.11 bits per heavy atom. The lowest BCUT2D eigenvalue weighted by Crippen LogP contribution is -2.36. The molecule has 1 atom stereocenters. The van der Waals surface area contributed by atoms with Gasteiger partial charge in [0.15, 0.2) is 0 Å². The largest absolute Gasteiger partial charge is 0.323 e. The van der Waals surface area contributed by atoms with E-state index in [-0.39, 0.29) is 6.04 Å². The maximum Gasteiger partial charge on any atom is 0.0537 e. The summed E-state index contributed by atoms with van der Waals surface area (Å²) in [5.41, 5.74) is 10.3. The number of nitrogens with two attached hydrogens (primary N) is 1. The average Bonchev–Trinajstić information content (AvgIpc) is 2.85. The number of benzene rings is 1. The van der Waals surface area contributed by atoms with Gasteiger partial charge in [-0.15, -0.1) is 0 Å². The van der Waals surface area contributed by atoms with Crippen LogP contribution in [0.1, 0.15) is 22.7 Å². The fraction of sp³-hybridized carbons (Fsp3) is 0.400. The van der Waals surface area contributed by atoms with Crippen LogP contribution in [-0.4, -0.2) is 27.8 Å². The lowest BCUT2D eigenvalue weighted by molar-refractivity contribution is 0.239. The summed E-state index contributed by atoms with van der Waals surface area (Å²) >= 11 is 0. The molecule has 2 aromatic rings. The molecule has 3 rings (SSSR count). The number of nitrogens with zero attached hydrogens (tertiary/aromatic N) is 3. The van der Waals surface area contributed by atoms with Crippen molar-refractivity contribution in [3.63, 3.8) is 0 Å². The molecule has 0 spiro atoms. The van der Waals surface area contributed by atoms with E-state index in [1.54, 1.807) is 4.68 Å². The van der Waals surface area contributed by atoms with Crippen molar-refractivity contribution in [1.82, 2.24) is 14.7 Å². The van der Waals surface area contributed by atoms with Crippen molar-refractivity contribution >= 4 is 0 Å². The summed E-state index contributed by atoms with van der Waals surface area (Å²) in [7, 11) is 1.92. The van der Waals surface area contributed by atoms with Gasteiger partial charge >= 0.3 is 0 Å². The Balaban J connectivity index is 1.66. The molecule has 2 heterocycles. The van der Waals surface area contributed by atoms with E-state index in [2.05, 4.69) is 34.3 Å². The maximum absolute atomic E-state index is 6.26. The monoisotopic (exact) mass is 256 g/mol. The van der Waals surface area contributed by atoms with Crippen LogP contribution in [0.2, 0.25) is 0 Å². The lowest BCUT2D eigenvalue weighted by Gasteiger charge is -2.30. The topological polar surface area (TPSA) is 47.1 Å². The summed E-state index contributed by atoms with van der Waals surface area (Å²) in [6, 6.07) is 8.73. The van der Waals surface area contributed by atoms with Gasteiger partial charge in [0.1, 0.15) is 0 Å². The van der Waals surface area contributed by atoms with E-state index in [0.717, 1.165) is 31.6 Å². The summed E-state index contributed by atoms with van der Waals surface area (Å²) in [6.45, 7) is 2.98. The predicted octanol–water partition coefficient (Wildman–Crippen LogP) is 1.48. The second-order valence-corrected chi connectivity index (χ2v) is 5.31. The van der Waals surface area contributed by atoms with E-state index in [0.29, 0.717) is 0 Å². The highest BCUT2D eigenvalue weighted by atomic mass is 15.2. The maximum atomic E-state index is 6.26. The van der Waals surface area contributed by atoms with Crippen molar-refractivity contribution < 1.29 is 0 Å². The molecule has 0 saturated carbocycles. The van der Waals surface area contributed by atoms with E-state index in [1.165, 1.54) is 11.1 Å². The van der Waals surface area contributed by atoms with Gasteiger partial charge in [-0.05, 0) is 17.5 Å². The van der Waals surface area contributed by atoms with Crippen molar-refractivity contribution in [3.05, 3.63) is 53.3 Å². The van der Waals surface area contributed by atoms with Crippen molar-refractivity contribution in [2.75, 3.05) is 13.1 Å². The van der Waals surface area contributed by atoms with Gasteiger partial charge in [0, 0.05) is 44.5 Å². The molecule has 19 heavy (non-hydrogen) atoms. The minimum Gasteiger partial charge on any atom is -0.323 e. The van der Waals surface area contributed by atoms with Gasteiger partial charge in [-0.2, -0.15) is 5.10 Å². The van der Waals surface area contributed by atoms with Crippen LogP contribution < -0.4 is 5.73 Å². The summed E-state index contributed by atoms with van der Waals surface area (Å²) in [5, 5.41) is 4.18. The van der Waals surface area contributed by atoms with E-state index in [1.807, 2.05) is 19.4 Å². The minimum absolute atomic E-state index is 0.0407. The zero-order valence-corrected chi connectivity index (χ0v) is 11.3. The zero-order valence-electron chi connectivity index (χ0n) is 11.3. The SMILES string of the molecule is Cn1cc(C(N)CN2CCc3ccccc3C2)cn1. The number of hydrogen-bond acceptors (Lipinski definition) is 3. The predicted molar refractivity (Wildman–Crippen MR) is 75.6 cm³/mol. The molecule has 2 N–H and O–H groups in total. The fourth-order valence-electron chi connectivity index (χ4n) is 2.73. The average molecular weight is 256 g/mol. The molecule has 0 amide bonds. The third-order valence-corrected chi connectivity index (χ3v) is 3.82. The van der Waals surface area contributed by atoms with Gasteiger partial charge < -0.3 is 5.73 Å². The molecule has 1 aliphatic heterocycles.